The van der Waals surface area contributed by atoms with E-state index in [0.717, 1.165) is 17.1 Å². The van der Waals surface area contributed by atoms with Gasteiger partial charge in [-0.05, 0) is 32.9 Å². The van der Waals surface area contributed by atoms with Crippen molar-refractivity contribution in [3.8, 4) is 0 Å². The lowest BCUT2D eigenvalue weighted by Gasteiger charge is -2.20. The number of rotatable bonds is 4. The highest BCUT2D eigenvalue weighted by Gasteiger charge is 2.15. The Kier molecular flexibility index (Phi) is 4.53. The highest BCUT2D eigenvalue weighted by atomic mass is 32.1. The van der Waals surface area contributed by atoms with E-state index in [1.165, 1.54) is 6.07 Å². The van der Waals surface area contributed by atoms with Crippen LogP contribution in [0.25, 0.3) is 0 Å². The molecule has 0 saturated heterocycles. The number of hydrogen-bond acceptors (Lipinski definition) is 3. The van der Waals surface area contributed by atoms with Gasteiger partial charge in [0.2, 0.25) is 0 Å². The summed E-state index contributed by atoms with van der Waals surface area (Å²) in [6.45, 7) is 5.66. The van der Waals surface area contributed by atoms with Crippen LogP contribution in [0.1, 0.15) is 35.5 Å². The van der Waals surface area contributed by atoms with Crippen LogP contribution < -0.4 is 11.1 Å². The van der Waals surface area contributed by atoms with E-state index in [-0.39, 0.29) is 16.8 Å². The van der Waals surface area contributed by atoms with Crippen molar-refractivity contribution < 1.29 is 4.39 Å². The molecule has 0 spiro atoms. The number of anilines is 1. The van der Waals surface area contributed by atoms with E-state index >= 15 is 0 Å². The molecular formula is C16H18FN3S. The molecular weight excluding hydrogens is 285 g/mol. The predicted octanol–water partition coefficient (Wildman–Crippen LogP) is 3.64. The molecule has 1 aromatic carbocycles. The standard InChI is InChI=1S/C16H18FN3S/c1-9-8-14(15(16(18)21)11(3)19-9)20-10(2)12-6-4-5-7-13(12)17/h4-8,10H,1-3H3,(H2,18,21)(H,19,20). The summed E-state index contributed by atoms with van der Waals surface area (Å²) in [5.41, 5.74) is 9.50. The van der Waals surface area contributed by atoms with Crippen molar-refractivity contribution in [2.75, 3.05) is 5.32 Å². The molecule has 5 heteroatoms. The molecule has 1 atom stereocenters. The summed E-state index contributed by atoms with van der Waals surface area (Å²) in [4.78, 5) is 4.65. The van der Waals surface area contributed by atoms with Gasteiger partial charge >= 0.3 is 0 Å². The minimum atomic E-state index is -0.239. The first-order valence-electron chi connectivity index (χ1n) is 6.69. The van der Waals surface area contributed by atoms with Crippen LogP contribution in [0.4, 0.5) is 10.1 Å². The van der Waals surface area contributed by atoms with Crippen molar-refractivity contribution in [1.29, 1.82) is 0 Å². The smallest absolute Gasteiger partial charge is 0.128 e. The molecule has 21 heavy (non-hydrogen) atoms. The third kappa shape index (κ3) is 3.36. The van der Waals surface area contributed by atoms with Crippen LogP contribution in [0.5, 0.6) is 0 Å². The van der Waals surface area contributed by atoms with E-state index in [1.54, 1.807) is 12.1 Å². The van der Waals surface area contributed by atoms with Gasteiger partial charge in [-0.2, -0.15) is 0 Å². The Morgan fingerprint density at radius 3 is 2.62 bits per heavy atom. The zero-order valence-electron chi connectivity index (χ0n) is 12.3. The number of pyridine rings is 1. The third-order valence-electron chi connectivity index (χ3n) is 3.32. The largest absolute Gasteiger partial charge is 0.389 e. The van der Waals surface area contributed by atoms with E-state index in [1.807, 2.05) is 32.9 Å². The molecule has 1 unspecified atom stereocenters. The second-order valence-corrected chi connectivity index (χ2v) is 5.46. The maximum atomic E-state index is 13.9. The van der Waals surface area contributed by atoms with Crippen molar-refractivity contribution in [3.05, 3.63) is 58.7 Å². The number of aromatic nitrogens is 1. The molecule has 0 aliphatic rings. The quantitative estimate of drug-likeness (QED) is 0.847. The first-order valence-corrected chi connectivity index (χ1v) is 7.10. The molecule has 0 aliphatic heterocycles. The van der Waals surface area contributed by atoms with Crippen molar-refractivity contribution >= 4 is 22.9 Å². The Labute approximate surface area is 129 Å². The molecule has 2 aromatic rings. The monoisotopic (exact) mass is 303 g/mol. The fraction of sp³-hybridized carbons (Fsp3) is 0.250. The molecule has 1 heterocycles. The highest BCUT2D eigenvalue weighted by molar-refractivity contribution is 7.80. The van der Waals surface area contributed by atoms with Crippen LogP contribution in [0.3, 0.4) is 0 Å². The maximum absolute atomic E-state index is 13.9. The van der Waals surface area contributed by atoms with E-state index in [9.17, 15) is 4.39 Å². The van der Waals surface area contributed by atoms with Crippen LogP contribution in [-0.2, 0) is 0 Å². The minimum Gasteiger partial charge on any atom is -0.389 e. The predicted molar refractivity (Wildman–Crippen MR) is 88.0 cm³/mol. The summed E-state index contributed by atoms with van der Waals surface area (Å²) in [5.74, 6) is -0.239. The van der Waals surface area contributed by atoms with Crippen LogP contribution >= 0.6 is 12.2 Å². The van der Waals surface area contributed by atoms with Crippen LogP contribution in [0, 0.1) is 19.7 Å². The number of aryl methyl sites for hydroxylation is 2. The van der Waals surface area contributed by atoms with Gasteiger partial charge < -0.3 is 11.1 Å². The van der Waals surface area contributed by atoms with Crippen LogP contribution in [0.2, 0.25) is 0 Å². The van der Waals surface area contributed by atoms with E-state index in [4.69, 9.17) is 18.0 Å². The number of thiocarbonyl (C=S) groups is 1. The number of benzene rings is 1. The number of nitrogens with zero attached hydrogens (tertiary/aromatic N) is 1. The molecule has 0 aliphatic carbocycles. The molecule has 0 radical (unpaired) electrons. The third-order valence-corrected chi connectivity index (χ3v) is 3.52. The first kappa shape index (κ1) is 15.4. The van der Waals surface area contributed by atoms with E-state index < -0.39 is 0 Å². The molecule has 110 valence electrons. The number of nitrogens with two attached hydrogens (primary N) is 1. The Balaban J connectivity index is 2.40. The lowest BCUT2D eigenvalue weighted by Crippen LogP contribution is -2.18. The van der Waals surface area contributed by atoms with Gasteiger partial charge in [-0.3, -0.25) is 4.98 Å². The highest BCUT2D eigenvalue weighted by Crippen LogP contribution is 2.26. The van der Waals surface area contributed by atoms with Crippen molar-refractivity contribution in [2.24, 2.45) is 5.73 Å². The average molecular weight is 303 g/mol. The first-order chi connectivity index (χ1) is 9.90. The maximum Gasteiger partial charge on any atom is 0.128 e. The molecule has 0 saturated carbocycles. The van der Waals surface area contributed by atoms with Crippen LogP contribution in [-0.4, -0.2) is 9.97 Å². The SMILES string of the molecule is Cc1cc(NC(C)c2ccccc2F)c(C(N)=S)c(C)n1. The zero-order valence-corrected chi connectivity index (χ0v) is 13.1. The Bertz CT molecular complexity index is 685. The zero-order chi connectivity index (χ0) is 15.6. The summed E-state index contributed by atoms with van der Waals surface area (Å²) < 4.78 is 13.9. The van der Waals surface area contributed by atoms with Gasteiger partial charge in [0.1, 0.15) is 10.8 Å². The van der Waals surface area contributed by atoms with Gasteiger partial charge in [-0.25, -0.2) is 4.39 Å². The lowest BCUT2D eigenvalue weighted by molar-refractivity contribution is 0.600. The summed E-state index contributed by atoms with van der Waals surface area (Å²) >= 11 is 5.10. The van der Waals surface area contributed by atoms with Gasteiger partial charge in [0.25, 0.3) is 0 Å². The Morgan fingerprint density at radius 2 is 2.00 bits per heavy atom. The topological polar surface area (TPSA) is 50.9 Å². The van der Waals surface area contributed by atoms with E-state index in [0.29, 0.717) is 11.1 Å². The average Bonchev–Trinajstić information content (AvgIpc) is 2.37. The van der Waals surface area contributed by atoms with Gasteiger partial charge in [-0.1, -0.05) is 30.4 Å². The molecule has 0 amide bonds. The van der Waals surface area contributed by atoms with Gasteiger partial charge in [-0.15, -0.1) is 0 Å². The Hall–Kier alpha value is -2.01. The van der Waals surface area contributed by atoms with E-state index in [2.05, 4.69) is 10.3 Å². The number of halogens is 1. The van der Waals surface area contributed by atoms with Gasteiger partial charge in [0.15, 0.2) is 0 Å². The minimum absolute atomic E-state index is 0.208. The van der Waals surface area contributed by atoms with Crippen LogP contribution in [0.15, 0.2) is 30.3 Å². The molecule has 3 N–H and O–H groups in total. The summed E-state index contributed by atoms with van der Waals surface area (Å²) in [6, 6.07) is 8.36. The normalized spacial score (nSPS) is 12.0. The van der Waals surface area contributed by atoms with Gasteiger partial charge in [0, 0.05) is 22.6 Å². The van der Waals surface area contributed by atoms with Crippen molar-refractivity contribution in [3.63, 3.8) is 0 Å². The van der Waals surface area contributed by atoms with Crippen molar-refractivity contribution in [1.82, 2.24) is 4.98 Å². The molecule has 3 nitrogen and oxygen atoms in total. The van der Waals surface area contributed by atoms with Crippen molar-refractivity contribution in [2.45, 2.75) is 26.8 Å². The number of hydrogen-bond donors (Lipinski definition) is 2. The molecule has 2 rings (SSSR count). The fourth-order valence-corrected chi connectivity index (χ4v) is 2.65. The fourth-order valence-electron chi connectivity index (χ4n) is 2.39. The molecule has 0 fully saturated rings. The number of nitrogens with one attached hydrogen (secondary N) is 1. The second-order valence-electron chi connectivity index (χ2n) is 5.02. The van der Waals surface area contributed by atoms with Gasteiger partial charge in [0.05, 0.1) is 11.6 Å². The lowest BCUT2D eigenvalue weighted by atomic mass is 10.1. The summed E-state index contributed by atoms with van der Waals surface area (Å²) in [7, 11) is 0. The second kappa shape index (κ2) is 6.18. The Morgan fingerprint density at radius 1 is 1.33 bits per heavy atom. The summed E-state index contributed by atoms with van der Waals surface area (Å²) in [6.07, 6.45) is 0. The molecule has 0 bridgehead atoms. The summed E-state index contributed by atoms with van der Waals surface area (Å²) in [5, 5.41) is 3.28. The molecule has 1 aromatic heterocycles.